The molecule has 0 N–H and O–H groups in total. The first-order chi connectivity index (χ1) is 12.5. The first kappa shape index (κ1) is 16.6. The number of hydrogen-bond donors (Lipinski definition) is 0. The summed E-state index contributed by atoms with van der Waals surface area (Å²) in [6.07, 6.45) is 3.64. The molecule has 0 aliphatic rings. The number of benzene rings is 1. The standard InChI is InChI=1S/C19H19ClN6/c1-12-15(10-21-24(12)3)18-17(20)19(16-11-22-25(4)13(16)2)26(23-18)14-8-6-5-7-9-14/h5-11H,1-4H3. The van der Waals surface area contributed by atoms with Crippen molar-refractivity contribution in [1.29, 1.82) is 0 Å². The molecule has 0 radical (unpaired) electrons. The molecule has 4 aromatic rings. The quantitative estimate of drug-likeness (QED) is 0.551. The monoisotopic (exact) mass is 366 g/mol. The molecule has 0 spiro atoms. The van der Waals surface area contributed by atoms with Crippen molar-refractivity contribution in [3.05, 3.63) is 59.1 Å². The first-order valence-electron chi connectivity index (χ1n) is 8.31. The third kappa shape index (κ3) is 2.45. The summed E-state index contributed by atoms with van der Waals surface area (Å²) in [5.74, 6) is 0. The number of rotatable bonds is 3. The molecule has 0 aliphatic carbocycles. The van der Waals surface area contributed by atoms with Gasteiger partial charge < -0.3 is 0 Å². The molecule has 6 nitrogen and oxygen atoms in total. The molecule has 3 heterocycles. The first-order valence-corrected chi connectivity index (χ1v) is 8.68. The lowest BCUT2D eigenvalue weighted by molar-refractivity contribution is 0.740. The number of aryl methyl sites for hydroxylation is 2. The van der Waals surface area contributed by atoms with E-state index in [4.69, 9.17) is 16.7 Å². The Hall–Kier alpha value is -2.86. The van der Waals surface area contributed by atoms with Crippen molar-refractivity contribution in [2.45, 2.75) is 13.8 Å². The van der Waals surface area contributed by atoms with Crippen LogP contribution in [0.15, 0.2) is 42.7 Å². The van der Waals surface area contributed by atoms with Crippen molar-refractivity contribution in [3.63, 3.8) is 0 Å². The van der Waals surface area contributed by atoms with Crippen LogP contribution in [0.4, 0.5) is 0 Å². The second kappa shape index (κ2) is 6.14. The number of halogens is 1. The molecule has 0 amide bonds. The van der Waals surface area contributed by atoms with Gasteiger partial charge in [-0.05, 0) is 26.0 Å². The van der Waals surface area contributed by atoms with Crippen molar-refractivity contribution < 1.29 is 0 Å². The molecule has 132 valence electrons. The highest BCUT2D eigenvalue weighted by Gasteiger charge is 2.24. The van der Waals surface area contributed by atoms with Crippen molar-refractivity contribution in [3.8, 4) is 28.2 Å². The molecule has 1 aromatic carbocycles. The molecule has 0 fully saturated rings. The van der Waals surface area contributed by atoms with Crippen LogP contribution in [0.25, 0.3) is 28.2 Å². The Morgan fingerprint density at radius 1 is 0.846 bits per heavy atom. The average Bonchev–Trinajstić information content (AvgIpc) is 3.27. The van der Waals surface area contributed by atoms with E-state index in [1.165, 1.54) is 0 Å². The normalized spacial score (nSPS) is 11.3. The number of para-hydroxylation sites is 1. The highest BCUT2D eigenvalue weighted by Crippen LogP contribution is 2.39. The molecular weight excluding hydrogens is 348 g/mol. The maximum atomic E-state index is 6.85. The van der Waals surface area contributed by atoms with Gasteiger partial charge in [-0.25, -0.2) is 4.68 Å². The third-order valence-electron chi connectivity index (χ3n) is 4.81. The van der Waals surface area contributed by atoms with Crippen LogP contribution >= 0.6 is 11.6 Å². The second-order valence-corrected chi connectivity index (χ2v) is 6.67. The third-order valence-corrected chi connectivity index (χ3v) is 5.17. The van der Waals surface area contributed by atoms with Gasteiger partial charge in [-0.1, -0.05) is 29.8 Å². The Morgan fingerprint density at radius 2 is 1.42 bits per heavy atom. The van der Waals surface area contributed by atoms with Crippen LogP contribution in [-0.4, -0.2) is 29.3 Å². The minimum atomic E-state index is 0.598. The maximum absolute atomic E-state index is 6.85. The van der Waals surface area contributed by atoms with Crippen molar-refractivity contribution in [1.82, 2.24) is 29.3 Å². The summed E-state index contributed by atoms with van der Waals surface area (Å²) in [7, 11) is 3.83. The van der Waals surface area contributed by atoms with Crippen molar-refractivity contribution in [2.24, 2.45) is 14.1 Å². The van der Waals surface area contributed by atoms with Crippen LogP contribution in [0.3, 0.4) is 0 Å². The van der Waals surface area contributed by atoms with Crippen molar-refractivity contribution in [2.75, 3.05) is 0 Å². The molecule has 0 bridgehead atoms. The van der Waals surface area contributed by atoms with E-state index in [0.29, 0.717) is 5.02 Å². The minimum absolute atomic E-state index is 0.598. The van der Waals surface area contributed by atoms with Crippen LogP contribution in [0.2, 0.25) is 5.02 Å². The molecule has 0 saturated heterocycles. The average molecular weight is 367 g/mol. The van der Waals surface area contributed by atoms with E-state index in [9.17, 15) is 0 Å². The second-order valence-electron chi connectivity index (χ2n) is 6.29. The van der Waals surface area contributed by atoms with Crippen LogP contribution in [0.1, 0.15) is 11.4 Å². The van der Waals surface area contributed by atoms with Crippen LogP contribution in [-0.2, 0) is 14.1 Å². The van der Waals surface area contributed by atoms with E-state index in [1.54, 1.807) is 6.20 Å². The van der Waals surface area contributed by atoms with E-state index < -0.39 is 0 Å². The van der Waals surface area contributed by atoms with E-state index >= 15 is 0 Å². The van der Waals surface area contributed by atoms with Gasteiger partial charge in [-0.15, -0.1) is 0 Å². The molecular formula is C19H19ClN6. The molecule has 0 atom stereocenters. The summed E-state index contributed by atoms with van der Waals surface area (Å²) in [5, 5.41) is 14.1. The SMILES string of the molecule is Cc1c(-c2nn(-c3ccccc3)c(-c3cnn(C)c3C)c2Cl)cnn1C. The predicted molar refractivity (Wildman–Crippen MR) is 102 cm³/mol. The Balaban J connectivity index is 2.03. The summed E-state index contributed by atoms with van der Waals surface area (Å²) in [5.41, 5.74) is 6.43. The lowest BCUT2D eigenvalue weighted by Crippen LogP contribution is -2.00. The fraction of sp³-hybridized carbons (Fsp3) is 0.211. The van der Waals surface area contributed by atoms with Gasteiger partial charge in [0.05, 0.1) is 28.8 Å². The smallest absolute Gasteiger partial charge is 0.115 e. The highest BCUT2D eigenvalue weighted by molar-refractivity contribution is 6.35. The van der Waals surface area contributed by atoms with Crippen molar-refractivity contribution >= 4 is 11.6 Å². The van der Waals surface area contributed by atoms with Gasteiger partial charge in [-0.2, -0.15) is 15.3 Å². The summed E-state index contributed by atoms with van der Waals surface area (Å²) in [6, 6.07) is 9.98. The Bertz CT molecular complexity index is 1090. The Kier molecular flexibility index (Phi) is 3.92. The Morgan fingerprint density at radius 3 is 1.96 bits per heavy atom. The summed E-state index contributed by atoms with van der Waals surface area (Å²) >= 11 is 6.85. The fourth-order valence-electron chi connectivity index (χ4n) is 3.02. The summed E-state index contributed by atoms with van der Waals surface area (Å²) < 4.78 is 5.54. The van der Waals surface area contributed by atoms with E-state index in [0.717, 1.165) is 39.6 Å². The zero-order chi connectivity index (χ0) is 18.4. The fourth-order valence-corrected chi connectivity index (χ4v) is 3.34. The largest absolute Gasteiger partial charge is 0.272 e. The lowest BCUT2D eigenvalue weighted by atomic mass is 10.1. The zero-order valence-electron chi connectivity index (χ0n) is 15.1. The van der Waals surface area contributed by atoms with Crippen LogP contribution in [0.5, 0.6) is 0 Å². The lowest BCUT2D eigenvalue weighted by Gasteiger charge is -2.07. The summed E-state index contributed by atoms with van der Waals surface area (Å²) in [4.78, 5) is 0. The molecule has 0 aliphatic heterocycles. The number of nitrogens with zero attached hydrogens (tertiary/aromatic N) is 6. The molecule has 7 heteroatoms. The molecule has 26 heavy (non-hydrogen) atoms. The van der Waals surface area contributed by atoms with Gasteiger partial charge in [0.1, 0.15) is 5.69 Å². The maximum Gasteiger partial charge on any atom is 0.115 e. The molecule has 0 unspecified atom stereocenters. The van der Waals surface area contributed by atoms with Gasteiger partial charge in [0.2, 0.25) is 0 Å². The van der Waals surface area contributed by atoms with Gasteiger partial charge in [0.25, 0.3) is 0 Å². The van der Waals surface area contributed by atoms with Crippen LogP contribution in [0, 0.1) is 13.8 Å². The number of aromatic nitrogens is 6. The molecule has 3 aromatic heterocycles. The topological polar surface area (TPSA) is 53.5 Å². The predicted octanol–water partition coefficient (Wildman–Crippen LogP) is 3.94. The Labute approximate surface area is 156 Å². The van der Waals surface area contributed by atoms with E-state index in [-0.39, 0.29) is 0 Å². The van der Waals surface area contributed by atoms with Gasteiger partial charge in [0.15, 0.2) is 0 Å². The zero-order valence-corrected chi connectivity index (χ0v) is 15.9. The van der Waals surface area contributed by atoms with E-state index in [2.05, 4.69) is 10.2 Å². The highest BCUT2D eigenvalue weighted by atomic mass is 35.5. The van der Waals surface area contributed by atoms with Gasteiger partial charge in [0, 0.05) is 36.6 Å². The molecule has 4 rings (SSSR count). The number of hydrogen-bond acceptors (Lipinski definition) is 3. The van der Waals surface area contributed by atoms with Gasteiger partial charge in [-0.3, -0.25) is 9.36 Å². The van der Waals surface area contributed by atoms with Gasteiger partial charge >= 0.3 is 0 Å². The van der Waals surface area contributed by atoms with E-state index in [1.807, 2.05) is 78.5 Å². The minimum Gasteiger partial charge on any atom is -0.272 e. The van der Waals surface area contributed by atoms with Crippen LogP contribution < -0.4 is 0 Å². The molecule has 0 saturated carbocycles. The summed E-state index contributed by atoms with van der Waals surface area (Å²) in [6.45, 7) is 4.03.